The lowest BCUT2D eigenvalue weighted by Crippen LogP contribution is -2.42. The molecule has 1 saturated heterocycles. The van der Waals surface area contributed by atoms with Crippen molar-refractivity contribution in [2.75, 3.05) is 13.2 Å². The third-order valence-corrected chi connectivity index (χ3v) is 6.65. The maximum absolute atomic E-state index is 10.6. The van der Waals surface area contributed by atoms with E-state index in [0.717, 1.165) is 13.0 Å². The van der Waals surface area contributed by atoms with Crippen LogP contribution in [0.4, 0.5) is 0 Å². The first-order valence-electron chi connectivity index (χ1n) is 8.76. The summed E-state index contributed by atoms with van der Waals surface area (Å²) in [5.74, 6) is 1.43. The van der Waals surface area contributed by atoms with Gasteiger partial charge in [0.15, 0.2) is 6.61 Å². The van der Waals surface area contributed by atoms with Gasteiger partial charge >= 0.3 is 5.97 Å². The fourth-order valence-electron chi connectivity index (χ4n) is 5.39. The standard InChI is InChI=1S/C20H24O4/c1-12-13(2)20-7-8-23-19(17(20)9-15(12)10-20)14-3-5-16(6-4-14)24-11-18(21)22/h3-6,13,15,17,19H,1,7-11H2,2H3,(H,21,22)/t13-,15-,17-,19-,20+/m1/s1. The minimum atomic E-state index is -0.965. The summed E-state index contributed by atoms with van der Waals surface area (Å²) in [6.07, 6.45) is 3.74. The summed E-state index contributed by atoms with van der Waals surface area (Å²) in [7, 11) is 0. The van der Waals surface area contributed by atoms with Gasteiger partial charge in [0.1, 0.15) is 5.75 Å². The molecule has 3 fully saturated rings. The predicted octanol–water partition coefficient (Wildman–Crippen LogP) is 3.83. The number of fused-ring (bicyclic) bond motifs is 1. The van der Waals surface area contributed by atoms with Crippen LogP contribution in [0.1, 0.15) is 37.9 Å². The van der Waals surface area contributed by atoms with Crippen molar-refractivity contribution in [2.24, 2.45) is 23.2 Å². The summed E-state index contributed by atoms with van der Waals surface area (Å²) >= 11 is 0. The zero-order chi connectivity index (χ0) is 16.9. The number of allylic oxidation sites excluding steroid dienone is 1. The van der Waals surface area contributed by atoms with E-state index in [1.807, 2.05) is 24.3 Å². The first-order chi connectivity index (χ1) is 11.5. The molecule has 0 unspecified atom stereocenters. The van der Waals surface area contributed by atoms with Gasteiger partial charge in [-0.3, -0.25) is 0 Å². The largest absolute Gasteiger partial charge is 0.482 e. The fourth-order valence-corrected chi connectivity index (χ4v) is 5.39. The molecule has 4 nitrogen and oxygen atoms in total. The molecule has 4 heteroatoms. The molecule has 0 aromatic heterocycles. The Labute approximate surface area is 142 Å². The van der Waals surface area contributed by atoms with Gasteiger partial charge in [0.05, 0.1) is 6.10 Å². The van der Waals surface area contributed by atoms with Gasteiger partial charge in [-0.15, -0.1) is 0 Å². The second-order valence-corrected chi connectivity index (χ2v) is 7.57. The van der Waals surface area contributed by atoms with Crippen LogP contribution in [0.15, 0.2) is 36.4 Å². The van der Waals surface area contributed by atoms with E-state index in [2.05, 4.69) is 13.5 Å². The molecule has 3 aliphatic rings. The minimum Gasteiger partial charge on any atom is -0.482 e. The highest BCUT2D eigenvalue weighted by Gasteiger charge is 2.61. The lowest BCUT2D eigenvalue weighted by atomic mass is 9.62. The summed E-state index contributed by atoms with van der Waals surface area (Å²) in [5, 5.41) is 8.69. The van der Waals surface area contributed by atoms with Crippen LogP contribution in [0, 0.1) is 23.2 Å². The van der Waals surface area contributed by atoms with Crippen molar-refractivity contribution in [2.45, 2.75) is 32.3 Å². The second-order valence-electron chi connectivity index (χ2n) is 7.57. The third kappa shape index (κ3) is 2.27. The van der Waals surface area contributed by atoms with Crippen LogP contribution < -0.4 is 4.74 Å². The van der Waals surface area contributed by atoms with Crippen molar-refractivity contribution in [3.63, 3.8) is 0 Å². The van der Waals surface area contributed by atoms with E-state index in [1.54, 1.807) is 0 Å². The summed E-state index contributed by atoms with van der Waals surface area (Å²) < 4.78 is 11.4. The molecule has 1 aromatic rings. The van der Waals surface area contributed by atoms with Crippen LogP contribution in [-0.2, 0) is 9.53 Å². The second kappa shape index (κ2) is 5.62. The molecule has 1 heterocycles. The SMILES string of the molecule is C=C1[C@@H]2C[C@@H]3[C@@H](c4ccc(OCC(=O)O)cc4)OCC[C@]3(C2)[C@@H]1C. The van der Waals surface area contributed by atoms with Crippen LogP contribution in [0.25, 0.3) is 0 Å². The molecule has 24 heavy (non-hydrogen) atoms. The zero-order valence-corrected chi connectivity index (χ0v) is 14.0. The molecule has 1 aromatic carbocycles. The van der Waals surface area contributed by atoms with Crippen molar-refractivity contribution in [1.82, 2.24) is 0 Å². The highest BCUT2D eigenvalue weighted by atomic mass is 16.5. The van der Waals surface area contributed by atoms with Gasteiger partial charge in [0.2, 0.25) is 0 Å². The van der Waals surface area contributed by atoms with Crippen LogP contribution in [0.3, 0.4) is 0 Å². The Morgan fingerprint density at radius 2 is 2.17 bits per heavy atom. The van der Waals surface area contributed by atoms with Crippen molar-refractivity contribution in [3.8, 4) is 5.75 Å². The van der Waals surface area contributed by atoms with Crippen LogP contribution in [0.2, 0.25) is 0 Å². The van der Waals surface area contributed by atoms with E-state index < -0.39 is 5.97 Å². The topological polar surface area (TPSA) is 55.8 Å². The molecule has 1 spiro atoms. The lowest BCUT2D eigenvalue weighted by Gasteiger charge is -2.48. The highest BCUT2D eigenvalue weighted by Crippen LogP contribution is 2.68. The van der Waals surface area contributed by atoms with E-state index in [0.29, 0.717) is 28.9 Å². The third-order valence-electron chi connectivity index (χ3n) is 6.65. The predicted molar refractivity (Wildman–Crippen MR) is 89.8 cm³/mol. The molecule has 0 amide bonds. The van der Waals surface area contributed by atoms with E-state index >= 15 is 0 Å². The number of hydrogen-bond acceptors (Lipinski definition) is 3. The first kappa shape index (κ1) is 15.7. The summed E-state index contributed by atoms with van der Waals surface area (Å²) in [6, 6.07) is 7.73. The van der Waals surface area contributed by atoms with Gasteiger partial charge in [0, 0.05) is 6.61 Å². The average Bonchev–Trinajstić information content (AvgIpc) is 3.08. The normalized spacial score (nSPS) is 37.3. The molecule has 1 aliphatic heterocycles. The van der Waals surface area contributed by atoms with Gasteiger partial charge < -0.3 is 14.6 Å². The van der Waals surface area contributed by atoms with Crippen LogP contribution in [0.5, 0.6) is 5.75 Å². The summed E-state index contributed by atoms with van der Waals surface area (Å²) in [5.41, 5.74) is 2.99. The molecule has 5 atom stereocenters. The Morgan fingerprint density at radius 1 is 1.42 bits per heavy atom. The monoisotopic (exact) mass is 328 g/mol. The molecule has 2 bridgehead atoms. The summed E-state index contributed by atoms with van der Waals surface area (Å²) in [6.45, 7) is 7.18. The molecule has 4 rings (SSSR count). The Hall–Kier alpha value is -1.81. The average molecular weight is 328 g/mol. The van der Waals surface area contributed by atoms with E-state index in [4.69, 9.17) is 14.6 Å². The maximum Gasteiger partial charge on any atom is 0.341 e. The molecule has 128 valence electrons. The number of hydrogen-bond donors (Lipinski definition) is 1. The van der Waals surface area contributed by atoms with Crippen molar-refractivity contribution < 1.29 is 19.4 Å². The van der Waals surface area contributed by atoms with Gasteiger partial charge in [0.25, 0.3) is 0 Å². The fraction of sp³-hybridized carbons (Fsp3) is 0.550. The van der Waals surface area contributed by atoms with E-state index in [1.165, 1.54) is 24.0 Å². The Balaban J connectivity index is 1.55. The maximum atomic E-state index is 10.6. The number of carboxylic acids is 1. The highest BCUT2D eigenvalue weighted by molar-refractivity contribution is 5.68. The number of carbonyl (C=O) groups is 1. The molecular weight excluding hydrogens is 304 g/mol. The van der Waals surface area contributed by atoms with Gasteiger partial charge in [-0.25, -0.2) is 4.79 Å². The Bertz CT molecular complexity index is 665. The summed E-state index contributed by atoms with van der Waals surface area (Å²) in [4.78, 5) is 10.6. The Morgan fingerprint density at radius 3 is 2.83 bits per heavy atom. The molecular formula is C20H24O4. The van der Waals surface area contributed by atoms with Gasteiger partial charge in [-0.1, -0.05) is 31.2 Å². The van der Waals surface area contributed by atoms with Gasteiger partial charge in [-0.05, 0) is 60.1 Å². The zero-order valence-electron chi connectivity index (χ0n) is 14.0. The lowest BCUT2D eigenvalue weighted by molar-refractivity contribution is -0.139. The van der Waals surface area contributed by atoms with E-state index in [-0.39, 0.29) is 12.7 Å². The molecule has 2 aliphatic carbocycles. The first-order valence-corrected chi connectivity index (χ1v) is 8.76. The van der Waals surface area contributed by atoms with Crippen molar-refractivity contribution >= 4 is 5.97 Å². The number of aliphatic carboxylic acids is 1. The van der Waals surface area contributed by atoms with Crippen LogP contribution >= 0.6 is 0 Å². The molecule has 0 radical (unpaired) electrons. The number of carboxylic acid groups (broad SMARTS) is 1. The van der Waals surface area contributed by atoms with Crippen molar-refractivity contribution in [1.29, 1.82) is 0 Å². The van der Waals surface area contributed by atoms with E-state index in [9.17, 15) is 4.79 Å². The number of rotatable bonds is 4. The minimum absolute atomic E-state index is 0.132. The quantitative estimate of drug-likeness (QED) is 0.854. The smallest absolute Gasteiger partial charge is 0.341 e. The van der Waals surface area contributed by atoms with Crippen LogP contribution in [-0.4, -0.2) is 24.3 Å². The van der Waals surface area contributed by atoms with Gasteiger partial charge in [-0.2, -0.15) is 0 Å². The number of benzene rings is 1. The van der Waals surface area contributed by atoms with Crippen molar-refractivity contribution in [3.05, 3.63) is 42.0 Å². The molecule has 2 saturated carbocycles. The molecule has 1 N–H and O–H groups in total. The Kier molecular flexibility index (Phi) is 3.68. The number of ether oxygens (including phenoxy) is 2.